The van der Waals surface area contributed by atoms with Crippen LogP contribution in [-0.2, 0) is 6.61 Å². The van der Waals surface area contributed by atoms with Gasteiger partial charge in [-0.3, -0.25) is 4.98 Å². The number of ether oxygens (including phenoxy) is 1. The summed E-state index contributed by atoms with van der Waals surface area (Å²) in [4.78, 5) is 4.04. The van der Waals surface area contributed by atoms with Crippen LogP contribution in [0, 0.1) is 6.92 Å². The minimum Gasteiger partial charge on any atom is -0.457 e. The first-order valence-corrected chi connectivity index (χ1v) is 6.44. The summed E-state index contributed by atoms with van der Waals surface area (Å²) in [6.45, 7) is 6.26. The van der Waals surface area contributed by atoms with Gasteiger partial charge >= 0.3 is 0 Å². The average molecular weight is 257 g/mol. The van der Waals surface area contributed by atoms with Crippen molar-refractivity contribution < 1.29 is 9.84 Å². The molecule has 19 heavy (non-hydrogen) atoms. The van der Waals surface area contributed by atoms with Crippen LogP contribution in [0.5, 0.6) is 11.5 Å². The maximum absolute atomic E-state index is 9.08. The van der Waals surface area contributed by atoms with Gasteiger partial charge in [0.2, 0.25) is 0 Å². The van der Waals surface area contributed by atoms with Gasteiger partial charge in [-0.25, -0.2) is 0 Å². The highest BCUT2D eigenvalue weighted by atomic mass is 16.5. The zero-order valence-electron chi connectivity index (χ0n) is 11.6. The van der Waals surface area contributed by atoms with Crippen molar-refractivity contribution in [3.8, 4) is 11.5 Å². The van der Waals surface area contributed by atoms with Crippen LogP contribution in [0.4, 0.5) is 0 Å². The fraction of sp³-hybridized carbons (Fsp3) is 0.312. The van der Waals surface area contributed by atoms with Crippen LogP contribution in [0.1, 0.15) is 36.6 Å². The summed E-state index contributed by atoms with van der Waals surface area (Å²) in [5, 5.41) is 9.08. The lowest BCUT2D eigenvalue weighted by molar-refractivity contribution is 0.276. The predicted molar refractivity (Wildman–Crippen MR) is 75.5 cm³/mol. The van der Waals surface area contributed by atoms with Gasteiger partial charge in [-0.2, -0.15) is 0 Å². The van der Waals surface area contributed by atoms with Crippen molar-refractivity contribution in [3.05, 3.63) is 53.3 Å². The summed E-state index contributed by atoms with van der Waals surface area (Å²) in [7, 11) is 0. The zero-order chi connectivity index (χ0) is 13.8. The molecule has 0 bridgehead atoms. The quantitative estimate of drug-likeness (QED) is 0.906. The number of nitrogens with zero attached hydrogens (tertiary/aromatic N) is 1. The van der Waals surface area contributed by atoms with Gasteiger partial charge in [0.25, 0.3) is 0 Å². The van der Waals surface area contributed by atoms with Crippen LogP contribution in [0.3, 0.4) is 0 Å². The molecule has 1 aromatic carbocycles. The Labute approximate surface area is 113 Å². The first kappa shape index (κ1) is 13.6. The molecular formula is C16H19NO2. The molecule has 0 saturated carbocycles. The minimum atomic E-state index is -0.0811. The molecule has 0 atom stereocenters. The second-order valence-corrected chi connectivity index (χ2v) is 4.92. The van der Waals surface area contributed by atoms with Crippen molar-refractivity contribution in [1.82, 2.24) is 4.98 Å². The van der Waals surface area contributed by atoms with Gasteiger partial charge in [0.1, 0.15) is 11.5 Å². The second-order valence-electron chi connectivity index (χ2n) is 4.92. The van der Waals surface area contributed by atoms with Gasteiger partial charge in [-0.15, -0.1) is 0 Å². The van der Waals surface area contributed by atoms with E-state index in [9.17, 15) is 0 Å². The SMILES string of the molecule is Cc1ccc(C(C)C)cc1Oc1ccnc(CO)c1. The van der Waals surface area contributed by atoms with Crippen molar-refractivity contribution in [1.29, 1.82) is 0 Å². The molecule has 0 aliphatic carbocycles. The third-order valence-corrected chi connectivity index (χ3v) is 3.06. The van der Waals surface area contributed by atoms with Crippen LogP contribution in [-0.4, -0.2) is 10.1 Å². The van der Waals surface area contributed by atoms with Crippen molar-refractivity contribution in [2.24, 2.45) is 0 Å². The van der Waals surface area contributed by atoms with Crippen LogP contribution in [0.2, 0.25) is 0 Å². The van der Waals surface area contributed by atoms with E-state index in [0.717, 1.165) is 11.3 Å². The molecule has 0 aliphatic heterocycles. The maximum Gasteiger partial charge on any atom is 0.130 e. The number of hydrogen-bond donors (Lipinski definition) is 1. The normalized spacial score (nSPS) is 10.8. The fourth-order valence-electron chi connectivity index (χ4n) is 1.82. The standard InChI is InChI=1S/C16H19NO2/c1-11(2)13-5-4-12(3)16(8-13)19-15-6-7-17-14(9-15)10-18/h4-9,11,18H,10H2,1-3H3. The number of aryl methyl sites for hydroxylation is 1. The van der Waals surface area contributed by atoms with Crippen molar-refractivity contribution in [2.45, 2.75) is 33.3 Å². The van der Waals surface area contributed by atoms with Crippen molar-refractivity contribution in [2.75, 3.05) is 0 Å². The molecule has 0 unspecified atom stereocenters. The Bertz CT molecular complexity index is 564. The lowest BCUT2D eigenvalue weighted by Crippen LogP contribution is -1.94. The van der Waals surface area contributed by atoms with E-state index >= 15 is 0 Å². The van der Waals surface area contributed by atoms with Crippen LogP contribution in [0.25, 0.3) is 0 Å². The number of aromatic nitrogens is 1. The number of rotatable bonds is 4. The second kappa shape index (κ2) is 5.85. The number of aliphatic hydroxyl groups is 1. The number of hydrogen-bond acceptors (Lipinski definition) is 3. The molecule has 3 nitrogen and oxygen atoms in total. The largest absolute Gasteiger partial charge is 0.457 e. The van der Waals surface area contributed by atoms with Crippen LogP contribution >= 0.6 is 0 Å². The smallest absolute Gasteiger partial charge is 0.130 e. The monoisotopic (exact) mass is 257 g/mol. The molecule has 0 spiro atoms. The Morgan fingerprint density at radius 1 is 1.21 bits per heavy atom. The zero-order valence-corrected chi connectivity index (χ0v) is 11.6. The topological polar surface area (TPSA) is 42.4 Å². The third kappa shape index (κ3) is 3.32. The Kier molecular flexibility index (Phi) is 4.17. The van der Waals surface area contributed by atoms with Crippen LogP contribution < -0.4 is 4.74 Å². The lowest BCUT2D eigenvalue weighted by Gasteiger charge is -2.12. The summed E-state index contributed by atoms with van der Waals surface area (Å²) in [6, 6.07) is 9.80. The summed E-state index contributed by atoms with van der Waals surface area (Å²) in [5.41, 5.74) is 2.94. The average Bonchev–Trinajstić information content (AvgIpc) is 2.41. The van der Waals surface area contributed by atoms with E-state index in [1.54, 1.807) is 18.3 Å². The van der Waals surface area contributed by atoms with Gasteiger partial charge in [-0.1, -0.05) is 26.0 Å². The van der Waals surface area contributed by atoms with Crippen molar-refractivity contribution >= 4 is 0 Å². The third-order valence-electron chi connectivity index (χ3n) is 3.06. The Morgan fingerprint density at radius 2 is 2.00 bits per heavy atom. The van der Waals surface area contributed by atoms with E-state index in [1.165, 1.54) is 5.56 Å². The van der Waals surface area contributed by atoms with Gasteiger partial charge in [0.15, 0.2) is 0 Å². The van der Waals surface area contributed by atoms with E-state index in [0.29, 0.717) is 17.4 Å². The first-order valence-electron chi connectivity index (χ1n) is 6.44. The summed E-state index contributed by atoms with van der Waals surface area (Å²) >= 11 is 0. The number of pyridine rings is 1. The molecule has 0 aliphatic rings. The molecule has 1 heterocycles. The highest BCUT2D eigenvalue weighted by Gasteiger charge is 2.06. The van der Waals surface area contributed by atoms with E-state index in [2.05, 4.69) is 37.0 Å². The first-order chi connectivity index (χ1) is 9.10. The molecule has 2 aromatic rings. The molecule has 3 heteroatoms. The molecule has 100 valence electrons. The van der Waals surface area contributed by atoms with Gasteiger partial charge < -0.3 is 9.84 Å². The molecule has 2 rings (SSSR count). The maximum atomic E-state index is 9.08. The van der Waals surface area contributed by atoms with E-state index in [-0.39, 0.29) is 6.61 Å². The summed E-state index contributed by atoms with van der Waals surface area (Å²) in [6.07, 6.45) is 1.64. The molecular weight excluding hydrogens is 238 g/mol. The van der Waals surface area contributed by atoms with Gasteiger partial charge in [-0.05, 0) is 36.1 Å². The van der Waals surface area contributed by atoms with E-state index < -0.39 is 0 Å². The Balaban J connectivity index is 2.29. The van der Waals surface area contributed by atoms with Gasteiger partial charge in [0, 0.05) is 12.3 Å². The summed E-state index contributed by atoms with van der Waals surface area (Å²) in [5.74, 6) is 2.01. The molecule has 0 saturated heterocycles. The minimum absolute atomic E-state index is 0.0811. The van der Waals surface area contributed by atoms with E-state index in [4.69, 9.17) is 9.84 Å². The Morgan fingerprint density at radius 3 is 2.68 bits per heavy atom. The number of benzene rings is 1. The molecule has 1 N–H and O–H groups in total. The highest BCUT2D eigenvalue weighted by molar-refractivity contribution is 5.41. The lowest BCUT2D eigenvalue weighted by atomic mass is 10.0. The fourth-order valence-corrected chi connectivity index (χ4v) is 1.82. The molecule has 0 radical (unpaired) electrons. The molecule has 0 amide bonds. The molecule has 1 aromatic heterocycles. The number of aliphatic hydroxyl groups excluding tert-OH is 1. The predicted octanol–water partition coefficient (Wildman–Crippen LogP) is 3.80. The summed E-state index contributed by atoms with van der Waals surface area (Å²) < 4.78 is 5.89. The Hall–Kier alpha value is -1.87. The molecule has 0 fully saturated rings. The van der Waals surface area contributed by atoms with Crippen molar-refractivity contribution in [3.63, 3.8) is 0 Å². The highest BCUT2D eigenvalue weighted by Crippen LogP contribution is 2.28. The van der Waals surface area contributed by atoms with Crippen LogP contribution in [0.15, 0.2) is 36.5 Å². The van der Waals surface area contributed by atoms with Gasteiger partial charge in [0.05, 0.1) is 12.3 Å². The van der Waals surface area contributed by atoms with E-state index in [1.807, 2.05) is 6.92 Å².